The minimum atomic E-state index is -0.420. The topological polar surface area (TPSA) is 88.3 Å². The first-order valence-electron chi connectivity index (χ1n) is 6.07. The monoisotopic (exact) mass is 261 g/mol. The molecule has 0 unspecified atom stereocenters. The number of aliphatic hydroxyl groups excluding tert-OH is 1. The molecule has 2 aromatic rings. The fourth-order valence-electron chi connectivity index (χ4n) is 1.93. The van der Waals surface area contributed by atoms with Gasteiger partial charge in [0.15, 0.2) is 0 Å². The van der Waals surface area contributed by atoms with Crippen molar-refractivity contribution in [2.24, 2.45) is 0 Å². The number of hydrogen-bond acceptors (Lipinski definition) is 5. The fraction of sp³-hybridized carbons (Fsp3) is 0.308. The first-order chi connectivity index (χ1) is 9.17. The van der Waals surface area contributed by atoms with Gasteiger partial charge >= 0.3 is 0 Å². The quantitative estimate of drug-likeness (QED) is 0.637. The number of nitro groups is 1. The fourth-order valence-corrected chi connectivity index (χ4v) is 1.93. The average Bonchev–Trinajstić information content (AvgIpc) is 2.44. The van der Waals surface area contributed by atoms with Crippen LogP contribution in [0.2, 0.25) is 0 Å². The molecule has 0 bridgehead atoms. The van der Waals surface area contributed by atoms with E-state index in [-0.39, 0.29) is 18.3 Å². The van der Waals surface area contributed by atoms with Crippen LogP contribution in [0.25, 0.3) is 10.9 Å². The van der Waals surface area contributed by atoms with Crippen molar-refractivity contribution >= 4 is 22.3 Å². The molecule has 6 nitrogen and oxygen atoms in total. The number of benzene rings is 1. The highest BCUT2D eigenvalue weighted by atomic mass is 16.6. The van der Waals surface area contributed by atoms with Gasteiger partial charge in [0.2, 0.25) is 0 Å². The van der Waals surface area contributed by atoms with E-state index in [1.54, 1.807) is 24.4 Å². The van der Waals surface area contributed by atoms with Gasteiger partial charge in [0.1, 0.15) is 5.52 Å². The maximum atomic E-state index is 11.0. The summed E-state index contributed by atoms with van der Waals surface area (Å²) in [5, 5.41) is 23.8. The van der Waals surface area contributed by atoms with Gasteiger partial charge < -0.3 is 10.4 Å². The number of fused-ring (bicyclic) bond motifs is 1. The van der Waals surface area contributed by atoms with Crippen molar-refractivity contribution in [3.8, 4) is 0 Å². The van der Waals surface area contributed by atoms with Crippen LogP contribution >= 0.6 is 0 Å². The van der Waals surface area contributed by atoms with Gasteiger partial charge in [-0.25, -0.2) is 0 Å². The first-order valence-corrected chi connectivity index (χ1v) is 6.07. The Morgan fingerprint density at radius 3 is 2.89 bits per heavy atom. The number of nitro benzene ring substituents is 1. The third-order valence-electron chi connectivity index (χ3n) is 3.02. The molecule has 1 heterocycles. The van der Waals surface area contributed by atoms with Crippen LogP contribution in [0.3, 0.4) is 0 Å². The molecule has 1 atom stereocenters. The molecule has 19 heavy (non-hydrogen) atoms. The Bertz CT molecular complexity index is 597. The minimum Gasteiger partial charge on any atom is -0.394 e. The first kappa shape index (κ1) is 13.2. The van der Waals surface area contributed by atoms with Gasteiger partial charge in [-0.1, -0.05) is 6.92 Å². The summed E-state index contributed by atoms with van der Waals surface area (Å²) in [5.74, 6) is 0. The summed E-state index contributed by atoms with van der Waals surface area (Å²) in [6.07, 6.45) is 2.35. The third-order valence-corrected chi connectivity index (χ3v) is 3.02. The number of anilines is 1. The lowest BCUT2D eigenvalue weighted by molar-refractivity contribution is -0.383. The van der Waals surface area contributed by atoms with Crippen molar-refractivity contribution in [1.29, 1.82) is 0 Å². The molecule has 0 radical (unpaired) electrons. The SMILES string of the molecule is CC[C@@H](CO)Nc1ccc([N+](=O)[O-])c2cccnc12. The van der Waals surface area contributed by atoms with Crippen molar-refractivity contribution in [1.82, 2.24) is 4.98 Å². The normalized spacial score (nSPS) is 12.3. The van der Waals surface area contributed by atoms with Gasteiger partial charge in [0, 0.05) is 18.3 Å². The number of non-ortho nitro benzene ring substituents is 1. The van der Waals surface area contributed by atoms with Crippen LogP contribution in [-0.2, 0) is 0 Å². The predicted octanol–water partition coefficient (Wildman–Crippen LogP) is 2.33. The standard InChI is InChI=1S/C13H15N3O3/c1-2-9(8-17)15-11-5-6-12(16(18)19)10-4-3-7-14-13(10)11/h3-7,9,15,17H,2,8H2,1H3/t9-/m0/s1. The van der Waals surface area contributed by atoms with Crippen LogP contribution in [0.4, 0.5) is 11.4 Å². The van der Waals surface area contributed by atoms with Crippen LogP contribution in [0.1, 0.15) is 13.3 Å². The molecule has 0 aliphatic carbocycles. The Morgan fingerprint density at radius 2 is 2.26 bits per heavy atom. The van der Waals surface area contributed by atoms with E-state index in [2.05, 4.69) is 10.3 Å². The second-order valence-corrected chi connectivity index (χ2v) is 4.22. The van der Waals surface area contributed by atoms with Crippen molar-refractivity contribution in [2.75, 3.05) is 11.9 Å². The number of rotatable bonds is 5. The molecule has 1 aromatic heterocycles. The van der Waals surface area contributed by atoms with Gasteiger partial charge in [-0.05, 0) is 24.6 Å². The lowest BCUT2D eigenvalue weighted by atomic mass is 10.1. The molecular formula is C13H15N3O3. The molecule has 1 aromatic carbocycles. The zero-order chi connectivity index (χ0) is 13.8. The molecule has 0 aliphatic rings. The largest absolute Gasteiger partial charge is 0.394 e. The van der Waals surface area contributed by atoms with Crippen LogP contribution in [0.15, 0.2) is 30.5 Å². The van der Waals surface area contributed by atoms with E-state index in [0.717, 1.165) is 6.42 Å². The molecule has 0 amide bonds. The Kier molecular flexibility index (Phi) is 3.91. The highest BCUT2D eigenvalue weighted by Gasteiger charge is 2.16. The Hall–Kier alpha value is -2.21. The summed E-state index contributed by atoms with van der Waals surface area (Å²) < 4.78 is 0. The second kappa shape index (κ2) is 5.62. The number of hydrogen-bond donors (Lipinski definition) is 2. The van der Waals surface area contributed by atoms with E-state index < -0.39 is 4.92 Å². The van der Waals surface area contributed by atoms with E-state index in [9.17, 15) is 15.2 Å². The smallest absolute Gasteiger partial charge is 0.278 e. The van der Waals surface area contributed by atoms with Crippen LogP contribution in [0.5, 0.6) is 0 Å². The second-order valence-electron chi connectivity index (χ2n) is 4.22. The Balaban J connectivity index is 2.52. The highest BCUT2D eigenvalue weighted by Crippen LogP contribution is 2.30. The van der Waals surface area contributed by atoms with Crippen molar-refractivity contribution in [3.05, 3.63) is 40.6 Å². The lowest BCUT2D eigenvalue weighted by Crippen LogP contribution is -2.22. The molecule has 0 spiro atoms. The summed E-state index contributed by atoms with van der Waals surface area (Å²) in [6, 6.07) is 6.34. The Labute approximate surface area is 110 Å². The third kappa shape index (κ3) is 2.63. The minimum absolute atomic E-state index is 0.00180. The molecule has 0 aliphatic heterocycles. The average molecular weight is 261 g/mol. The maximum absolute atomic E-state index is 11.0. The van der Waals surface area contributed by atoms with Crippen molar-refractivity contribution in [2.45, 2.75) is 19.4 Å². The van der Waals surface area contributed by atoms with Crippen LogP contribution < -0.4 is 5.32 Å². The van der Waals surface area contributed by atoms with E-state index in [1.165, 1.54) is 6.07 Å². The van der Waals surface area contributed by atoms with Crippen molar-refractivity contribution < 1.29 is 10.0 Å². The summed E-state index contributed by atoms with van der Waals surface area (Å²) in [5.41, 5.74) is 1.27. The van der Waals surface area contributed by atoms with Gasteiger partial charge in [0.25, 0.3) is 5.69 Å². The zero-order valence-corrected chi connectivity index (χ0v) is 10.5. The molecule has 2 rings (SSSR count). The molecular weight excluding hydrogens is 246 g/mol. The number of nitrogens with one attached hydrogen (secondary N) is 1. The van der Waals surface area contributed by atoms with Gasteiger partial charge in [-0.3, -0.25) is 15.1 Å². The van der Waals surface area contributed by atoms with E-state index in [1.807, 2.05) is 6.92 Å². The number of pyridine rings is 1. The van der Waals surface area contributed by atoms with E-state index >= 15 is 0 Å². The van der Waals surface area contributed by atoms with Crippen LogP contribution in [0, 0.1) is 10.1 Å². The summed E-state index contributed by atoms with van der Waals surface area (Å²) in [7, 11) is 0. The lowest BCUT2D eigenvalue weighted by Gasteiger charge is -2.16. The predicted molar refractivity (Wildman–Crippen MR) is 73.2 cm³/mol. The zero-order valence-electron chi connectivity index (χ0n) is 10.5. The van der Waals surface area contributed by atoms with Gasteiger partial charge in [-0.15, -0.1) is 0 Å². The number of aliphatic hydroxyl groups is 1. The summed E-state index contributed by atoms with van der Waals surface area (Å²) in [4.78, 5) is 14.8. The summed E-state index contributed by atoms with van der Waals surface area (Å²) >= 11 is 0. The number of aromatic nitrogens is 1. The number of nitrogens with zero attached hydrogens (tertiary/aromatic N) is 2. The van der Waals surface area contributed by atoms with Gasteiger partial charge in [-0.2, -0.15) is 0 Å². The highest BCUT2D eigenvalue weighted by molar-refractivity contribution is 5.96. The van der Waals surface area contributed by atoms with Crippen molar-refractivity contribution in [3.63, 3.8) is 0 Å². The van der Waals surface area contributed by atoms with Crippen LogP contribution in [-0.4, -0.2) is 27.7 Å². The van der Waals surface area contributed by atoms with E-state index in [0.29, 0.717) is 16.6 Å². The maximum Gasteiger partial charge on any atom is 0.278 e. The molecule has 100 valence electrons. The summed E-state index contributed by atoms with van der Waals surface area (Å²) in [6.45, 7) is 1.96. The molecule has 2 N–H and O–H groups in total. The molecule has 0 saturated heterocycles. The Morgan fingerprint density at radius 1 is 1.47 bits per heavy atom. The molecule has 0 fully saturated rings. The van der Waals surface area contributed by atoms with E-state index in [4.69, 9.17) is 0 Å². The molecule has 6 heteroatoms. The molecule has 0 saturated carbocycles. The van der Waals surface area contributed by atoms with Gasteiger partial charge in [0.05, 0.1) is 22.6 Å².